The van der Waals surface area contributed by atoms with Gasteiger partial charge in [-0.1, -0.05) is 23.7 Å². The number of thioether (sulfide) groups is 1. The second-order valence-electron chi connectivity index (χ2n) is 5.06. The number of nitrogens with zero attached hydrogens (tertiary/aromatic N) is 1. The highest BCUT2D eigenvalue weighted by atomic mass is 35.5. The smallest absolute Gasteiger partial charge is 0.321 e. The van der Waals surface area contributed by atoms with Crippen LogP contribution in [0, 0.1) is 0 Å². The minimum Gasteiger partial charge on any atom is -0.468 e. The topological polar surface area (TPSA) is 45.5 Å². The molecule has 0 unspecified atom stereocenters. The predicted molar refractivity (Wildman–Crippen MR) is 90.6 cm³/mol. The van der Waals surface area contributed by atoms with Crippen LogP contribution >= 0.6 is 23.4 Å². The van der Waals surface area contributed by atoms with Crippen molar-refractivity contribution in [2.45, 2.75) is 11.7 Å². The van der Waals surface area contributed by atoms with Crippen molar-refractivity contribution in [1.29, 1.82) is 0 Å². The van der Waals surface area contributed by atoms with Crippen LogP contribution in [0.15, 0.2) is 47.1 Å². The van der Waals surface area contributed by atoms with Crippen molar-refractivity contribution in [3.63, 3.8) is 0 Å². The van der Waals surface area contributed by atoms with E-state index >= 15 is 0 Å². The fourth-order valence-electron chi connectivity index (χ4n) is 2.43. The molecule has 1 aromatic carbocycles. The van der Waals surface area contributed by atoms with Crippen molar-refractivity contribution in [1.82, 2.24) is 4.90 Å². The van der Waals surface area contributed by atoms with E-state index in [1.165, 1.54) is 0 Å². The lowest BCUT2D eigenvalue weighted by atomic mass is 10.2. The van der Waals surface area contributed by atoms with Crippen molar-refractivity contribution in [3.05, 3.63) is 53.4 Å². The van der Waals surface area contributed by atoms with Gasteiger partial charge in [-0.15, -0.1) is 11.8 Å². The van der Waals surface area contributed by atoms with Crippen molar-refractivity contribution in [2.24, 2.45) is 0 Å². The lowest BCUT2D eigenvalue weighted by Crippen LogP contribution is -2.36. The van der Waals surface area contributed by atoms with Crippen LogP contribution in [-0.2, 0) is 0 Å². The Labute approximate surface area is 138 Å². The molecule has 22 heavy (non-hydrogen) atoms. The van der Waals surface area contributed by atoms with Gasteiger partial charge in [0.25, 0.3) is 0 Å². The summed E-state index contributed by atoms with van der Waals surface area (Å²) in [5.74, 6) is 1.87. The number of benzene rings is 1. The summed E-state index contributed by atoms with van der Waals surface area (Å²) in [5, 5.41) is 3.74. The minimum atomic E-state index is -0.103. The average molecular weight is 337 g/mol. The van der Waals surface area contributed by atoms with E-state index in [2.05, 4.69) is 5.32 Å². The zero-order valence-electron chi connectivity index (χ0n) is 12.0. The summed E-state index contributed by atoms with van der Waals surface area (Å²) >= 11 is 7.91. The largest absolute Gasteiger partial charge is 0.468 e. The Hall–Kier alpha value is -1.59. The van der Waals surface area contributed by atoms with Crippen LogP contribution in [0.3, 0.4) is 0 Å². The molecule has 116 valence electrons. The van der Waals surface area contributed by atoms with Crippen molar-refractivity contribution < 1.29 is 9.21 Å². The third kappa shape index (κ3) is 3.59. The molecule has 2 amide bonds. The van der Waals surface area contributed by atoms with Crippen molar-refractivity contribution in [3.8, 4) is 0 Å². The Morgan fingerprint density at radius 2 is 2.14 bits per heavy atom. The highest BCUT2D eigenvalue weighted by molar-refractivity contribution is 7.99. The van der Waals surface area contributed by atoms with E-state index in [1.54, 1.807) is 18.4 Å². The number of carbonyl (C=O) groups excluding carboxylic acids is 1. The summed E-state index contributed by atoms with van der Waals surface area (Å²) in [5.41, 5.74) is 0.647. The number of carbonyl (C=O) groups is 1. The molecule has 1 saturated heterocycles. The first kappa shape index (κ1) is 15.3. The Morgan fingerprint density at radius 1 is 1.27 bits per heavy atom. The molecule has 6 heteroatoms. The van der Waals surface area contributed by atoms with Crippen LogP contribution in [-0.4, -0.2) is 29.8 Å². The molecule has 0 spiro atoms. The van der Waals surface area contributed by atoms with Crippen LogP contribution in [0.1, 0.15) is 17.4 Å². The Balaban J connectivity index is 1.61. The maximum atomic E-state index is 12.4. The number of nitrogens with one attached hydrogen (secondary N) is 1. The molecule has 1 aliphatic heterocycles. The number of hydrogen-bond acceptors (Lipinski definition) is 3. The molecule has 1 atom stereocenters. The van der Waals surface area contributed by atoms with Crippen LogP contribution < -0.4 is 5.32 Å². The van der Waals surface area contributed by atoms with Gasteiger partial charge in [-0.05, 0) is 30.7 Å². The maximum absolute atomic E-state index is 12.4. The lowest BCUT2D eigenvalue weighted by Gasteiger charge is -2.21. The first-order valence-corrected chi connectivity index (χ1v) is 8.62. The minimum absolute atomic E-state index is 0.103. The number of halogens is 1. The van der Waals surface area contributed by atoms with Gasteiger partial charge in [0.2, 0.25) is 0 Å². The predicted octanol–water partition coefficient (Wildman–Crippen LogP) is 4.65. The van der Waals surface area contributed by atoms with E-state index in [0.717, 1.165) is 24.5 Å². The molecule has 1 N–H and O–H groups in total. The Morgan fingerprint density at radius 3 is 2.91 bits per heavy atom. The van der Waals surface area contributed by atoms with Gasteiger partial charge in [0.1, 0.15) is 5.76 Å². The second kappa shape index (κ2) is 7.11. The molecular weight excluding hydrogens is 320 g/mol. The third-order valence-electron chi connectivity index (χ3n) is 3.60. The number of hydrogen-bond donors (Lipinski definition) is 1. The van der Waals surface area contributed by atoms with Gasteiger partial charge >= 0.3 is 6.03 Å². The van der Waals surface area contributed by atoms with Gasteiger partial charge in [-0.3, -0.25) is 0 Å². The number of anilines is 1. The second-order valence-corrected chi connectivity index (χ2v) is 6.78. The number of urea groups is 1. The first-order valence-electron chi connectivity index (χ1n) is 7.19. The highest BCUT2D eigenvalue weighted by Crippen LogP contribution is 2.34. The number of para-hydroxylation sites is 1. The van der Waals surface area contributed by atoms with Gasteiger partial charge in [-0.2, -0.15) is 0 Å². The van der Waals surface area contributed by atoms with Crippen LogP contribution in [0.5, 0.6) is 0 Å². The van der Waals surface area contributed by atoms with Gasteiger partial charge in [-0.25, -0.2) is 4.79 Å². The maximum Gasteiger partial charge on any atom is 0.321 e. The summed E-state index contributed by atoms with van der Waals surface area (Å²) in [4.78, 5) is 14.2. The lowest BCUT2D eigenvalue weighted by molar-refractivity contribution is 0.214. The van der Waals surface area contributed by atoms with E-state index < -0.39 is 0 Å². The van der Waals surface area contributed by atoms with Gasteiger partial charge in [0.15, 0.2) is 0 Å². The summed E-state index contributed by atoms with van der Waals surface area (Å²) in [6.45, 7) is 1.42. The Bertz CT molecular complexity index is 633. The van der Waals surface area contributed by atoms with E-state index in [4.69, 9.17) is 16.0 Å². The molecule has 0 radical (unpaired) electrons. The number of rotatable bonds is 2. The normalized spacial score (nSPS) is 18.8. The summed E-state index contributed by atoms with van der Waals surface area (Å²) in [6, 6.07) is 11.1. The first-order chi connectivity index (χ1) is 10.7. The highest BCUT2D eigenvalue weighted by Gasteiger charge is 2.23. The van der Waals surface area contributed by atoms with Crippen molar-refractivity contribution in [2.75, 3.05) is 24.2 Å². The van der Waals surface area contributed by atoms with E-state index in [-0.39, 0.29) is 6.03 Å². The summed E-state index contributed by atoms with van der Waals surface area (Å²) in [6.07, 6.45) is 2.58. The SMILES string of the molecule is O=C(Nc1ccccc1Cl)N1CCS[C@@H](c2ccco2)CC1. The van der Waals surface area contributed by atoms with Crippen molar-refractivity contribution >= 4 is 35.1 Å². The van der Waals surface area contributed by atoms with Gasteiger partial charge in [0, 0.05) is 18.8 Å². The fourth-order valence-corrected chi connectivity index (χ4v) is 3.80. The van der Waals surface area contributed by atoms with Gasteiger partial charge in [0.05, 0.1) is 22.2 Å². The molecule has 0 saturated carbocycles. The zero-order valence-corrected chi connectivity index (χ0v) is 13.6. The van der Waals surface area contributed by atoms with Crippen LogP contribution in [0.4, 0.5) is 10.5 Å². The standard InChI is InChI=1S/C16H17ClN2O2S/c17-12-4-1-2-5-13(12)18-16(20)19-8-7-15(22-11-9-19)14-6-3-10-21-14/h1-6,10,15H,7-9,11H2,(H,18,20)/t15-/m1/s1. The van der Waals surface area contributed by atoms with Gasteiger partial charge < -0.3 is 14.6 Å². The van der Waals surface area contributed by atoms with Crippen LogP contribution in [0.25, 0.3) is 0 Å². The number of amides is 2. The summed E-state index contributed by atoms with van der Waals surface area (Å²) < 4.78 is 5.48. The molecule has 1 aromatic heterocycles. The molecule has 0 aliphatic carbocycles. The zero-order chi connectivity index (χ0) is 15.4. The van der Waals surface area contributed by atoms with Crippen LogP contribution in [0.2, 0.25) is 5.02 Å². The molecule has 2 aromatic rings. The Kier molecular flexibility index (Phi) is 4.95. The van der Waals surface area contributed by atoms with E-state index in [9.17, 15) is 4.79 Å². The molecule has 3 rings (SSSR count). The van der Waals surface area contributed by atoms with E-state index in [0.29, 0.717) is 22.5 Å². The van der Waals surface area contributed by atoms with E-state index in [1.807, 2.05) is 40.9 Å². The molecular formula is C16H17ClN2O2S. The molecule has 2 heterocycles. The third-order valence-corrected chi connectivity index (χ3v) is 5.22. The fraction of sp³-hybridized carbons (Fsp3) is 0.312. The molecule has 1 aliphatic rings. The molecule has 0 bridgehead atoms. The number of furan rings is 1. The quantitative estimate of drug-likeness (QED) is 0.868. The monoisotopic (exact) mass is 336 g/mol. The molecule has 4 nitrogen and oxygen atoms in total. The average Bonchev–Trinajstić information content (AvgIpc) is 2.94. The molecule has 1 fully saturated rings. The summed E-state index contributed by atoms with van der Waals surface area (Å²) in [7, 11) is 0.